The van der Waals surface area contributed by atoms with Gasteiger partial charge in [0.1, 0.15) is 5.75 Å². The van der Waals surface area contributed by atoms with E-state index in [1.807, 2.05) is 6.07 Å². The first-order valence-corrected chi connectivity index (χ1v) is 7.72. The molecule has 0 aromatic heterocycles. The number of rotatable bonds is 5. The summed E-state index contributed by atoms with van der Waals surface area (Å²) in [7, 11) is 1.74. The summed E-state index contributed by atoms with van der Waals surface area (Å²) in [5.74, 6) is 1.71. The number of methoxy groups -OCH3 is 1. The summed E-state index contributed by atoms with van der Waals surface area (Å²) in [5.41, 5.74) is 2.40. The molecule has 3 nitrogen and oxygen atoms in total. The summed E-state index contributed by atoms with van der Waals surface area (Å²) in [4.78, 5) is 2.58. The number of likely N-dealkylation sites (tertiary alicyclic amines) is 1. The van der Waals surface area contributed by atoms with Crippen LogP contribution in [0, 0.1) is 12.8 Å². The Bertz CT molecular complexity index is 423. The molecule has 0 aliphatic carbocycles. The lowest BCUT2D eigenvalue weighted by molar-refractivity contribution is 0.198. The van der Waals surface area contributed by atoms with Crippen molar-refractivity contribution in [3.8, 4) is 5.75 Å². The van der Waals surface area contributed by atoms with Crippen LogP contribution in [0.3, 0.4) is 0 Å². The molecule has 0 spiro atoms. The first-order valence-electron chi connectivity index (χ1n) is 7.72. The smallest absolute Gasteiger partial charge is 0.141 e. The van der Waals surface area contributed by atoms with E-state index in [0.29, 0.717) is 6.04 Å². The third-order valence-corrected chi connectivity index (χ3v) is 3.93. The van der Waals surface area contributed by atoms with Crippen LogP contribution < -0.4 is 10.1 Å². The van der Waals surface area contributed by atoms with Gasteiger partial charge in [-0.05, 0) is 43.4 Å². The van der Waals surface area contributed by atoms with Gasteiger partial charge in [0.2, 0.25) is 0 Å². The lowest BCUT2D eigenvalue weighted by atomic mass is 10.0. The van der Waals surface area contributed by atoms with Crippen LogP contribution in [0.5, 0.6) is 5.75 Å². The van der Waals surface area contributed by atoms with E-state index in [9.17, 15) is 0 Å². The Morgan fingerprint density at radius 1 is 1.30 bits per heavy atom. The maximum atomic E-state index is 5.44. The van der Waals surface area contributed by atoms with Gasteiger partial charge in [0.05, 0.1) is 12.8 Å². The summed E-state index contributed by atoms with van der Waals surface area (Å²) in [6.07, 6.45) is 2.42. The number of nitrogens with one attached hydrogen (secondary N) is 1. The van der Waals surface area contributed by atoms with Gasteiger partial charge < -0.3 is 15.0 Å². The number of aryl methyl sites for hydroxylation is 1. The van der Waals surface area contributed by atoms with Gasteiger partial charge in [-0.1, -0.05) is 19.9 Å². The molecule has 1 saturated heterocycles. The third-order valence-electron chi connectivity index (χ3n) is 3.93. The number of anilines is 1. The van der Waals surface area contributed by atoms with Crippen molar-refractivity contribution in [2.75, 3.05) is 32.1 Å². The zero-order chi connectivity index (χ0) is 14.5. The van der Waals surface area contributed by atoms with Crippen LogP contribution in [-0.2, 0) is 0 Å². The summed E-state index contributed by atoms with van der Waals surface area (Å²) in [6.45, 7) is 10.3. The second-order valence-corrected chi connectivity index (χ2v) is 6.32. The molecule has 0 unspecified atom stereocenters. The monoisotopic (exact) mass is 276 g/mol. The molecule has 0 amide bonds. The third kappa shape index (κ3) is 4.14. The zero-order valence-electron chi connectivity index (χ0n) is 13.3. The molecule has 0 saturated carbocycles. The second kappa shape index (κ2) is 6.98. The predicted molar refractivity (Wildman–Crippen MR) is 85.7 cm³/mol. The zero-order valence-corrected chi connectivity index (χ0v) is 13.3. The van der Waals surface area contributed by atoms with Crippen LogP contribution in [0.25, 0.3) is 0 Å². The standard InChI is InChI=1S/C17H28N2O/c1-13(2)12-19-9-7-15(8-10-19)18-16-11-14(3)5-6-17(16)20-4/h5-6,11,13,15,18H,7-10,12H2,1-4H3. The fourth-order valence-electron chi connectivity index (χ4n) is 2.93. The normalized spacial score (nSPS) is 17.4. The van der Waals surface area contributed by atoms with E-state index in [2.05, 4.69) is 43.1 Å². The second-order valence-electron chi connectivity index (χ2n) is 6.32. The molecule has 0 radical (unpaired) electrons. The van der Waals surface area contributed by atoms with Gasteiger partial charge in [-0.2, -0.15) is 0 Å². The summed E-state index contributed by atoms with van der Waals surface area (Å²) >= 11 is 0. The SMILES string of the molecule is COc1ccc(C)cc1NC1CCN(CC(C)C)CC1. The minimum absolute atomic E-state index is 0.564. The molecule has 3 heteroatoms. The number of hydrogen-bond donors (Lipinski definition) is 1. The van der Waals surface area contributed by atoms with Crippen LogP contribution in [0.1, 0.15) is 32.3 Å². The van der Waals surface area contributed by atoms with Crippen LogP contribution in [0.2, 0.25) is 0 Å². The lowest BCUT2D eigenvalue weighted by Gasteiger charge is -2.34. The molecular weight excluding hydrogens is 248 g/mol. The first-order chi connectivity index (χ1) is 9.58. The quantitative estimate of drug-likeness (QED) is 0.890. The van der Waals surface area contributed by atoms with Crippen molar-refractivity contribution in [2.45, 2.75) is 39.7 Å². The molecule has 0 atom stereocenters. The van der Waals surface area contributed by atoms with Gasteiger partial charge in [-0.3, -0.25) is 0 Å². The highest BCUT2D eigenvalue weighted by Crippen LogP contribution is 2.27. The molecule has 0 bridgehead atoms. The Labute approximate surface area is 123 Å². The Morgan fingerprint density at radius 2 is 2.00 bits per heavy atom. The van der Waals surface area contributed by atoms with Gasteiger partial charge in [0.25, 0.3) is 0 Å². The molecule has 1 aliphatic heterocycles. The highest BCUT2D eigenvalue weighted by atomic mass is 16.5. The van der Waals surface area contributed by atoms with E-state index in [1.165, 1.54) is 38.0 Å². The van der Waals surface area contributed by atoms with Crippen molar-refractivity contribution in [1.82, 2.24) is 4.90 Å². The predicted octanol–water partition coefficient (Wildman–Crippen LogP) is 3.54. The maximum absolute atomic E-state index is 5.44. The Morgan fingerprint density at radius 3 is 2.60 bits per heavy atom. The van der Waals surface area contributed by atoms with E-state index < -0.39 is 0 Å². The average molecular weight is 276 g/mol. The topological polar surface area (TPSA) is 24.5 Å². The van der Waals surface area contributed by atoms with E-state index in [4.69, 9.17) is 4.74 Å². The molecule has 1 fully saturated rings. The maximum Gasteiger partial charge on any atom is 0.141 e. The summed E-state index contributed by atoms with van der Waals surface area (Å²) in [5, 5.41) is 3.66. The molecule has 1 aliphatic rings. The van der Waals surface area contributed by atoms with Crippen molar-refractivity contribution < 1.29 is 4.74 Å². The van der Waals surface area contributed by atoms with E-state index in [0.717, 1.165) is 17.4 Å². The number of piperidine rings is 1. The van der Waals surface area contributed by atoms with Gasteiger partial charge in [0, 0.05) is 25.7 Å². The average Bonchev–Trinajstić information content (AvgIpc) is 2.41. The molecule has 112 valence electrons. The molecule has 2 rings (SSSR count). The van der Waals surface area contributed by atoms with Crippen molar-refractivity contribution in [3.05, 3.63) is 23.8 Å². The highest BCUT2D eigenvalue weighted by molar-refractivity contribution is 5.58. The van der Waals surface area contributed by atoms with Gasteiger partial charge in [-0.25, -0.2) is 0 Å². The summed E-state index contributed by atoms with van der Waals surface area (Å²) in [6, 6.07) is 6.88. The number of benzene rings is 1. The Hall–Kier alpha value is -1.22. The van der Waals surface area contributed by atoms with Gasteiger partial charge in [0.15, 0.2) is 0 Å². The summed E-state index contributed by atoms with van der Waals surface area (Å²) < 4.78 is 5.44. The van der Waals surface area contributed by atoms with E-state index in [1.54, 1.807) is 7.11 Å². The molecule has 1 aromatic carbocycles. The van der Waals surface area contributed by atoms with Crippen LogP contribution >= 0.6 is 0 Å². The van der Waals surface area contributed by atoms with Crippen molar-refractivity contribution in [2.24, 2.45) is 5.92 Å². The van der Waals surface area contributed by atoms with Crippen LogP contribution in [0.15, 0.2) is 18.2 Å². The Balaban J connectivity index is 1.91. The first kappa shape index (κ1) is 15.2. The molecule has 1 aromatic rings. The minimum Gasteiger partial charge on any atom is -0.495 e. The number of ether oxygens (including phenoxy) is 1. The molecule has 1 N–H and O–H groups in total. The van der Waals surface area contributed by atoms with Crippen LogP contribution in [0.4, 0.5) is 5.69 Å². The number of nitrogens with zero attached hydrogens (tertiary/aromatic N) is 1. The lowest BCUT2D eigenvalue weighted by Crippen LogP contribution is -2.40. The largest absolute Gasteiger partial charge is 0.495 e. The van der Waals surface area contributed by atoms with E-state index >= 15 is 0 Å². The fourth-order valence-corrected chi connectivity index (χ4v) is 2.93. The molecule has 20 heavy (non-hydrogen) atoms. The van der Waals surface area contributed by atoms with Gasteiger partial charge >= 0.3 is 0 Å². The van der Waals surface area contributed by atoms with Crippen molar-refractivity contribution in [1.29, 1.82) is 0 Å². The Kier molecular flexibility index (Phi) is 5.30. The molecular formula is C17H28N2O. The highest BCUT2D eigenvalue weighted by Gasteiger charge is 2.20. The minimum atomic E-state index is 0.564. The van der Waals surface area contributed by atoms with Crippen LogP contribution in [-0.4, -0.2) is 37.7 Å². The van der Waals surface area contributed by atoms with Crippen molar-refractivity contribution in [3.63, 3.8) is 0 Å². The molecule has 1 heterocycles. The van der Waals surface area contributed by atoms with Gasteiger partial charge in [-0.15, -0.1) is 0 Å². The number of hydrogen-bond acceptors (Lipinski definition) is 3. The van der Waals surface area contributed by atoms with Crippen molar-refractivity contribution >= 4 is 5.69 Å². The fraction of sp³-hybridized carbons (Fsp3) is 0.647. The van der Waals surface area contributed by atoms with E-state index in [-0.39, 0.29) is 0 Å².